The Morgan fingerprint density at radius 1 is 1.39 bits per heavy atom. The lowest BCUT2D eigenvalue weighted by Gasteiger charge is -2.38. The summed E-state index contributed by atoms with van der Waals surface area (Å²) in [5, 5.41) is 13.9. The third-order valence-corrected chi connectivity index (χ3v) is 5.70. The van der Waals surface area contributed by atoms with E-state index in [0.717, 1.165) is 24.4 Å². The molecule has 0 saturated heterocycles. The second-order valence-electron chi connectivity index (χ2n) is 7.31. The minimum Gasteiger partial charge on any atom is -0.481 e. The van der Waals surface area contributed by atoms with Crippen molar-refractivity contribution in [3.05, 3.63) is 35.5 Å². The Kier molecular flexibility index (Phi) is 4.66. The number of halogens is 2. The first-order valence-corrected chi connectivity index (χ1v) is 9.42. The molecule has 0 bridgehead atoms. The molecule has 1 saturated carbocycles. The Bertz CT molecular complexity index is 1060. The SMILES string of the molecule is CC1(C(=O)O)CCCCC1Nc1nc(-c2c[nH]c3ncc(Cl)cc23)ncc1F. The molecule has 1 aliphatic carbocycles. The lowest BCUT2D eigenvalue weighted by atomic mass is 9.71. The second kappa shape index (κ2) is 7.01. The lowest BCUT2D eigenvalue weighted by molar-refractivity contribution is -0.150. The lowest BCUT2D eigenvalue weighted by Crippen LogP contribution is -2.47. The molecule has 4 rings (SSSR count). The number of aromatic nitrogens is 4. The maximum Gasteiger partial charge on any atom is 0.311 e. The highest BCUT2D eigenvalue weighted by Crippen LogP contribution is 2.38. The zero-order valence-corrected chi connectivity index (χ0v) is 15.9. The van der Waals surface area contributed by atoms with Gasteiger partial charge in [0.05, 0.1) is 16.6 Å². The molecule has 2 unspecified atom stereocenters. The minimum atomic E-state index is -0.978. The summed E-state index contributed by atoms with van der Waals surface area (Å²) in [6, 6.07) is 1.31. The highest BCUT2D eigenvalue weighted by Gasteiger charge is 2.43. The van der Waals surface area contributed by atoms with Crippen LogP contribution in [0, 0.1) is 11.2 Å². The number of carbonyl (C=O) groups is 1. The van der Waals surface area contributed by atoms with Gasteiger partial charge in [0.2, 0.25) is 0 Å². The summed E-state index contributed by atoms with van der Waals surface area (Å²) >= 11 is 6.04. The maximum absolute atomic E-state index is 14.4. The number of carboxylic acids is 1. The normalized spacial score (nSPS) is 22.3. The molecule has 3 aromatic rings. The molecule has 9 heteroatoms. The molecular formula is C19H19ClFN5O2. The monoisotopic (exact) mass is 403 g/mol. The van der Waals surface area contributed by atoms with Gasteiger partial charge in [-0.2, -0.15) is 0 Å². The highest BCUT2D eigenvalue weighted by molar-refractivity contribution is 6.31. The minimum absolute atomic E-state index is 0.00582. The van der Waals surface area contributed by atoms with Gasteiger partial charge < -0.3 is 15.4 Å². The van der Waals surface area contributed by atoms with E-state index in [9.17, 15) is 14.3 Å². The van der Waals surface area contributed by atoms with E-state index in [-0.39, 0.29) is 5.82 Å². The smallest absolute Gasteiger partial charge is 0.311 e. The zero-order chi connectivity index (χ0) is 19.9. The topological polar surface area (TPSA) is 104 Å². The van der Waals surface area contributed by atoms with E-state index in [1.54, 1.807) is 19.2 Å². The zero-order valence-electron chi connectivity index (χ0n) is 15.2. The van der Waals surface area contributed by atoms with Crippen molar-refractivity contribution in [2.45, 2.75) is 38.6 Å². The van der Waals surface area contributed by atoms with Crippen molar-refractivity contribution in [3.8, 4) is 11.4 Å². The number of nitrogens with one attached hydrogen (secondary N) is 2. The van der Waals surface area contributed by atoms with Gasteiger partial charge in [0.1, 0.15) is 5.65 Å². The quantitative estimate of drug-likeness (QED) is 0.601. The number of carboxylic acid groups (broad SMARTS) is 1. The summed E-state index contributed by atoms with van der Waals surface area (Å²) in [6.07, 6.45) is 7.18. The summed E-state index contributed by atoms with van der Waals surface area (Å²) in [7, 11) is 0. The summed E-state index contributed by atoms with van der Waals surface area (Å²) in [5.41, 5.74) is 0.277. The Balaban J connectivity index is 1.71. The van der Waals surface area contributed by atoms with E-state index in [1.165, 1.54) is 6.20 Å². The van der Waals surface area contributed by atoms with Crippen molar-refractivity contribution in [1.29, 1.82) is 0 Å². The van der Waals surface area contributed by atoms with Crippen LogP contribution in [0.4, 0.5) is 10.2 Å². The Labute approximate surface area is 165 Å². The van der Waals surface area contributed by atoms with Crippen LogP contribution in [0.25, 0.3) is 22.4 Å². The van der Waals surface area contributed by atoms with Gasteiger partial charge in [-0.15, -0.1) is 0 Å². The van der Waals surface area contributed by atoms with Gasteiger partial charge in [0, 0.05) is 29.4 Å². The van der Waals surface area contributed by atoms with Gasteiger partial charge in [-0.3, -0.25) is 4.79 Å². The van der Waals surface area contributed by atoms with Crippen molar-refractivity contribution >= 4 is 34.4 Å². The molecule has 0 radical (unpaired) electrons. The van der Waals surface area contributed by atoms with E-state index in [4.69, 9.17) is 11.6 Å². The second-order valence-corrected chi connectivity index (χ2v) is 7.74. The largest absolute Gasteiger partial charge is 0.481 e. The van der Waals surface area contributed by atoms with Gasteiger partial charge in [-0.1, -0.05) is 24.4 Å². The van der Waals surface area contributed by atoms with E-state index in [0.29, 0.717) is 34.9 Å². The molecule has 28 heavy (non-hydrogen) atoms. The maximum atomic E-state index is 14.4. The predicted octanol–water partition coefficient (Wildman–Crippen LogP) is 4.26. The average molecular weight is 404 g/mol. The number of aliphatic carboxylic acids is 1. The van der Waals surface area contributed by atoms with Gasteiger partial charge in [-0.05, 0) is 25.8 Å². The van der Waals surface area contributed by atoms with Gasteiger partial charge in [-0.25, -0.2) is 19.3 Å². The van der Waals surface area contributed by atoms with Crippen LogP contribution >= 0.6 is 11.6 Å². The molecular weight excluding hydrogens is 385 g/mol. The van der Waals surface area contributed by atoms with E-state index in [1.807, 2.05) is 0 Å². The van der Waals surface area contributed by atoms with Crippen LogP contribution in [0.3, 0.4) is 0 Å². The number of hydrogen-bond acceptors (Lipinski definition) is 5. The summed E-state index contributed by atoms with van der Waals surface area (Å²) in [5.74, 6) is -1.23. The Morgan fingerprint density at radius 2 is 2.21 bits per heavy atom. The number of rotatable bonds is 4. The molecule has 1 aliphatic rings. The van der Waals surface area contributed by atoms with Crippen LogP contribution in [0.2, 0.25) is 5.02 Å². The van der Waals surface area contributed by atoms with Crippen LogP contribution in [0.1, 0.15) is 32.6 Å². The number of nitrogens with zero attached hydrogens (tertiary/aromatic N) is 3. The summed E-state index contributed by atoms with van der Waals surface area (Å²) < 4.78 is 14.4. The molecule has 0 amide bonds. The van der Waals surface area contributed by atoms with Crippen LogP contribution < -0.4 is 5.32 Å². The molecule has 3 aromatic heterocycles. The first-order chi connectivity index (χ1) is 13.4. The fraction of sp³-hybridized carbons (Fsp3) is 0.368. The standard InChI is InChI=1S/C19H19ClFN5O2/c1-19(18(27)28)5-3-2-4-14(19)25-17-13(21)9-24-16(26-17)12-8-23-15-11(12)6-10(20)7-22-15/h6-9,14H,2-5H2,1H3,(H,22,23)(H,27,28)(H,24,25,26). The van der Waals surface area contributed by atoms with Crippen LogP contribution in [0.5, 0.6) is 0 Å². The van der Waals surface area contributed by atoms with Crippen molar-refractivity contribution in [1.82, 2.24) is 19.9 Å². The van der Waals surface area contributed by atoms with Crippen LogP contribution in [-0.2, 0) is 4.79 Å². The molecule has 1 fully saturated rings. The molecule has 146 valence electrons. The van der Waals surface area contributed by atoms with Gasteiger partial charge in [0.15, 0.2) is 17.5 Å². The molecule has 2 atom stereocenters. The third kappa shape index (κ3) is 3.17. The number of H-pyrrole nitrogens is 1. The molecule has 0 aromatic carbocycles. The van der Waals surface area contributed by atoms with Crippen molar-refractivity contribution < 1.29 is 14.3 Å². The number of aromatic amines is 1. The Hall–Kier alpha value is -2.74. The van der Waals surface area contributed by atoms with Crippen LogP contribution in [0.15, 0.2) is 24.7 Å². The first kappa shape index (κ1) is 18.6. The average Bonchev–Trinajstić information content (AvgIpc) is 3.08. The molecule has 3 N–H and O–H groups in total. The number of pyridine rings is 1. The van der Waals surface area contributed by atoms with Gasteiger partial charge in [0.25, 0.3) is 0 Å². The van der Waals surface area contributed by atoms with Crippen molar-refractivity contribution in [2.75, 3.05) is 5.32 Å². The van der Waals surface area contributed by atoms with Crippen LogP contribution in [-0.4, -0.2) is 37.1 Å². The number of hydrogen-bond donors (Lipinski definition) is 3. The van der Waals surface area contributed by atoms with Crippen molar-refractivity contribution in [3.63, 3.8) is 0 Å². The summed E-state index contributed by atoms with van der Waals surface area (Å²) in [4.78, 5) is 27.4. The third-order valence-electron chi connectivity index (χ3n) is 5.49. The highest BCUT2D eigenvalue weighted by atomic mass is 35.5. The Morgan fingerprint density at radius 3 is 3.00 bits per heavy atom. The van der Waals surface area contributed by atoms with E-state index < -0.39 is 23.2 Å². The molecule has 0 spiro atoms. The van der Waals surface area contributed by atoms with E-state index in [2.05, 4.69) is 25.3 Å². The number of fused-ring (bicyclic) bond motifs is 1. The predicted molar refractivity (Wildman–Crippen MR) is 104 cm³/mol. The molecule has 3 heterocycles. The summed E-state index contributed by atoms with van der Waals surface area (Å²) in [6.45, 7) is 1.69. The fourth-order valence-electron chi connectivity index (χ4n) is 3.75. The first-order valence-electron chi connectivity index (χ1n) is 9.04. The van der Waals surface area contributed by atoms with Crippen molar-refractivity contribution in [2.24, 2.45) is 5.41 Å². The number of anilines is 1. The fourth-order valence-corrected chi connectivity index (χ4v) is 3.90. The molecule has 0 aliphatic heterocycles. The van der Waals surface area contributed by atoms with E-state index >= 15 is 0 Å². The molecule has 7 nitrogen and oxygen atoms in total. The van der Waals surface area contributed by atoms with Gasteiger partial charge >= 0.3 is 5.97 Å².